The van der Waals surface area contributed by atoms with Crippen molar-refractivity contribution in [3.63, 3.8) is 0 Å². The van der Waals surface area contributed by atoms with E-state index in [2.05, 4.69) is 32.8 Å². The summed E-state index contributed by atoms with van der Waals surface area (Å²) in [6, 6.07) is 6.70. The van der Waals surface area contributed by atoms with Crippen molar-refractivity contribution < 1.29 is 14.4 Å². The summed E-state index contributed by atoms with van der Waals surface area (Å²) < 4.78 is 0. The lowest BCUT2D eigenvalue weighted by atomic mass is 10.2. The molecule has 1 unspecified atom stereocenters. The molecule has 5 N–H and O–H groups in total. The van der Waals surface area contributed by atoms with Crippen LogP contribution in [0.5, 0.6) is 0 Å². The summed E-state index contributed by atoms with van der Waals surface area (Å²) in [6.45, 7) is 10.0. The second kappa shape index (κ2) is 13.1. The molecule has 11 heteroatoms. The predicted octanol–water partition coefficient (Wildman–Crippen LogP) is 0.428. The summed E-state index contributed by atoms with van der Waals surface area (Å²) >= 11 is 1.43. The van der Waals surface area contributed by atoms with E-state index in [9.17, 15) is 14.4 Å². The fourth-order valence-corrected chi connectivity index (χ4v) is 5.68. The number of rotatable bonds is 11. The van der Waals surface area contributed by atoms with Crippen LogP contribution >= 0.6 is 11.8 Å². The lowest BCUT2D eigenvalue weighted by Gasteiger charge is -2.32. The van der Waals surface area contributed by atoms with Gasteiger partial charge in [0.1, 0.15) is 16.7 Å². The van der Waals surface area contributed by atoms with Crippen molar-refractivity contribution in [1.82, 2.24) is 20.0 Å². The van der Waals surface area contributed by atoms with Crippen LogP contribution in [0, 0.1) is 0 Å². The Morgan fingerprint density at radius 3 is 2.40 bits per heavy atom. The lowest BCUT2D eigenvalue weighted by molar-refractivity contribution is -0.131. The van der Waals surface area contributed by atoms with E-state index in [1.807, 2.05) is 38.1 Å². The molecule has 1 aromatic rings. The van der Waals surface area contributed by atoms with Gasteiger partial charge in [-0.15, -0.1) is 11.8 Å². The van der Waals surface area contributed by atoms with E-state index in [1.165, 1.54) is 11.8 Å². The minimum absolute atomic E-state index is 0.00624. The van der Waals surface area contributed by atoms with Crippen LogP contribution in [0.2, 0.25) is 0 Å². The normalized spacial score (nSPS) is 22.2. The fraction of sp³-hybridized carbons (Fsp3) is 0.625. The number of carbonyl (C=O) groups excluding carboxylic acids is 3. The van der Waals surface area contributed by atoms with Crippen molar-refractivity contribution in [1.29, 1.82) is 0 Å². The van der Waals surface area contributed by atoms with E-state index in [4.69, 9.17) is 5.73 Å². The molecule has 3 rings (SSSR count). The number of hydrogen-bond donors (Lipinski definition) is 4. The van der Waals surface area contributed by atoms with E-state index >= 15 is 0 Å². The van der Waals surface area contributed by atoms with Crippen LogP contribution < -0.4 is 21.7 Å². The second-order valence-electron chi connectivity index (χ2n) is 8.96. The number of piperazine rings is 1. The van der Waals surface area contributed by atoms with Gasteiger partial charge in [0, 0.05) is 70.2 Å². The largest absolute Gasteiger partial charge is 0.383 e. The molecular formula is C24H39N7O3S. The maximum Gasteiger partial charge on any atom is 0.239 e. The highest BCUT2D eigenvalue weighted by atomic mass is 32.2. The minimum Gasteiger partial charge on any atom is -0.383 e. The van der Waals surface area contributed by atoms with Crippen molar-refractivity contribution in [2.45, 2.75) is 36.9 Å². The summed E-state index contributed by atoms with van der Waals surface area (Å²) in [4.78, 5) is 43.7. The van der Waals surface area contributed by atoms with E-state index in [0.717, 1.165) is 44.1 Å². The molecule has 0 radical (unpaired) electrons. The highest BCUT2D eigenvalue weighted by Gasteiger charge is 2.44. The number of nitrogens with two attached hydrogens (primary N) is 1. The Bertz CT molecular complexity index is 861. The van der Waals surface area contributed by atoms with Crippen molar-refractivity contribution in [2.24, 2.45) is 5.73 Å². The van der Waals surface area contributed by atoms with Gasteiger partial charge in [-0.05, 0) is 45.2 Å². The van der Waals surface area contributed by atoms with Crippen LogP contribution in [0.4, 0.5) is 11.4 Å². The molecule has 0 aromatic heterocycles. The molecule has 2 aliphatic rings. The molecule has 2 heterocycles. The zero-order chi connectivity index (χ0) is 25.4. The van der Waals surface area contributed by atoms with Crippen LogP contribution in [0.15, 0.2) is 24.3 Å². The summed E-state index contributed by atoms with van der Waals surface area (Å²) in [5.41, 5.74) is 7.75. The van der Waals surface area contributed by atoms with Crippen molar-refractivity contribution in [3.8, 4) is 0 Å². The predicted molar refractivity (Wildman–Crippen MR) is 141 cm³/mol. The van der Waals surface area contributed by atoms with Crippen LogP contribution in [0.3, 0.4) is 0 Å². The monoisotopic (exact) mass is 505 g/mol. The Balaban J connectivity index is 1.45. The van der Waals surface area contributed by atoms with Gasteiger partial charge in [-0.2, -0.15) is 0 Å². The lowest BCUT2D eigenvalue weighted by Crippen LogP contribution is -2.52. The van der Waals surface area contributed by atoms with E-state index < -0.39 is 6.04 Å². The van der Waals surface area contributed by atoms with Crippen molar-refractivity contribution in [2.75, 3.05) is 70.0 Å². The number of nitrogens with zero attached hydrogens (tertiary/aromatic N) is 3. The number of likely N-dealkylation sites (N-methyl/N-ethyl adjacent to an activating group) is 3. The molecule has 2 aliphatic heterocycles. The topological polar surface area (TPSA) is 123 Å². The quantitative estimate of drug-likeness (QED) is 0.341. The first kappa shape index (κ1) is 27.3. The maximum absolute atomic E-state index is 12.8. The number of carbonyl (C=O) groups is 3. The number of benzene rings is 1. The zero-order valence-corrected chi connectivity index (χ0v) is 21.8. The Morgan fingerprint density at radius 1 is 1.11 bits per heavy atom. The second-order valence-corrected chi connectivity index (χ2v) is 10.3. The molecule has 3 amide bonds. The van der Waals surface area contributed by atoms with Crippen molar-refractivity contribution >= 4 is 40.9 Å². The molecule has 3 atom stereocenters. The van der Waals surface area contributed by atoms with E-state index in [-0.39, 0.29) is 28.3 Å². The molecule has 0 spiro atoms. The molecule has 0 bridgehead atoms. The van der Waals surface area contributed by atoms with Gasteiger partial charge in [0.15, 0.2) is 0 Å². The number of thioether (sulfide) groups is 1. The third-order valence-electron chi connectivity index (χ3n) is 6.38. The summed E-state index contributed by atoms with van der Waals surface area (Å²) in [5.74, 6) is -0.253. The average molecular weight is 506 g/mol. The van der Waals surface area contributed by atoms with Gasteiger partial charge in [-0.1, -0.05) is 0 Å². The number of hydrogen-bond acceptors (Lipinski definition) is 8. The molecule has 2 fully saturated rings. The van der Waals surface area contributed by atoms with Gasteiger partial charge in [-0.3, -0.25) is 14.4 Å². The number of nitrogens with one attached hydrogen (secondary N) is 3. The minimum atomic E-state index is -0.770. The van der Waals surface area contributed by atoms with Gasteiger partial charge < -0.3 is 36.4 Å². The molecule has 1 aromatic carbocycles. The Morgan fingerprint density at radius 2 is 1.77 bits per heavy atom. The number of anilines is 2. The Labute approximate surface area is 212 Å². The van der Waals surface area contributed by atoms with Crippen LogP contribution in [-0.4, -0.2) is 108 Å². The Hall–Kier alpha value is -2.34. The molecular weight excluding hydrogens is 466 g/mol. The van der Waals surface area contributed by atoms with Crippen LogP contribution in [0.1, 0.15) is 20.3 Å². The molecule has 194 valence electrons. The zero-order valence-electron chi connectivity index (χ0n) is 21.0. The van der Waals surface area contributed by atoms with Gasteiger partial charge in [0.2, 0.25) is 17.7 Å². The third-order valence-corrected chi connectivity index (χ3v) is 7.91. The van der Waals surface area contributed by atoms with Gasteiger partial charge in [0.25, 0.3) is 0 Å². The summed E-state index contributed by atoms with van der Waals surface area (Å²) in [6.07, 6.45) is 0.470. The number of amides is 3. The molecule has 0 saturated carbocycles. The smallest absolute Gasteiger partial charge is 0.239 e. The molecule has 10 nitrogen and oxygen atoms in total. The standard InChI is InChI=1S/C24H39N7O3S/c1-4-26-22(33)21(25)24-31(5-2)23(34)19(35-24)16-27-17-6-8-18(9-7-17)28-20(32)10-11-30-14-12-29(3)13-15-30/h6-9,19,21,24,27H,4-5,10-16,25H2,1-3H3,(H,26,33)(H,28,32)/t19-,21-,24?/m1/s1. The molecule has 0 aliphatic carbocycles. The molecule has 2 saturated heterocycles. The van der Waals surface area contributed by atoms with Gasteiger partial charge >= 0.3 is 0 Å². The van der Waals surface area contributed by atoms with Gasteiger partial charge in [-0.25, -0.2) is 0 Å². The first-order valence-corrected chi connectivity index (χ1v) is 13.3. The SMILES string of the molecule is CCNC(=O)[C@@H](N)C1S[C@H](CNc2ccc(NC(=O)CCN3CCN(C)CC3)cc2)C(=O)N1CC. The first-order valence-electron chi connectivity index (χ1n) is 12.4. The molecule has 35 heavy (non-hydrogen) atoms. The fourth-order valence-electron chi connectivity index (χ4n) is 4.22. The van der Waals surface area contributed by atoms with Crippen LogP contribution in [-0.2, 0) is 14.4 Å². The highest BCUT2D eigenvalue weighted by Crippen LogP contribution is 2.33. The van der Waals surface area contributed by atoms with E-state index in [0.29, 0.717) is 26.1 Å². The van der Waals surface area contributed by atoms with Crippen molar-refractivity contribution in [3.05, 3.63) is 24.3 Å². The maximum atomic E-state index is 12.8. The first-order chi connectivity index (χ1) is 16.8. The van der Waals surface area contributed by atoms with Gasteiger partial charge in [0.05, 0.1) is 0 Å². The summed E-state index contributed by atoms with van der Waals surface area (Å²) in [5, 5.41) is 8.28. The summed E-state index contributed by atoms with van der Waals surface area (Å²) in [7, 11) is 2.12. The highest BCUT2D eigenvalue weighted by molar-refractivity contribution is 8.01. The third kappa shape index (κ3) is 7.57. The van der Waals surface area contributed by atoms with E-state index in [1.54, 1.807) is 4.90 Å². The van der Waals surface area contributed by atoms with Crippen LogP contribution in [0.25, 0.3) is 0 Å². The Kier molecular flexibility index (Phi) is 10.2. The average Bonchev–Trinajstić information content (AvgIpc) is 3.18.